The lowest BCUT2D eigenvalue weighted by Gasteiger charge is -2.35. The zero-order chi connectivity index (χ0) is 21.3. The second-order valence-corrected chi connectivity index (χ2v) is 8.32. The molecule has 1 amide bonds. The fourth-order valence-electron chi connectivity index (χ4n) is 3.46. The molecule has 3 aromatic rings. The molecule has 0 unspecified atom stereocenters. The number of aromatic nitrogens is 1. The van der Waals surface area contributed by atoms with Gasteiger partial charge in [0.15, 0.2) is 0 Å². The molecule has 2 aromatic heterocycles. The second-order valence-electron chi connectivity index (χ2n) is 6.93. The molecule has 0 spiro atoms. The van der Waals surface area contributed by atoms with E-state index in [0.717, 1.165) is 4.88 Å². The van der Waals surface area contributed by atoms with Gasteiger partial charge in [0.1, 0.15) is 11.4 Å². The Morgan fingerprint density at radius 3 is 2.73 bits per heavy atom. The van der Waals surface area contributed by atoms with E-state index in [-0.39, 0.29) is 18.0 Å². The van der Waals surface area contributed by atoms with Gasteiger partial charge in [-0.05, 0) is 30.5 Å². The van der Waals surface area contributed by atoms with Crippen LogP contribution >= 0.6 is 22.9 Å². The molecule has 30 heavy (non-hydrogen) atoms. The van der Waals surface area contributed by atoms with Crippen LogP contribution in [0.15, 0.2) is 40.1 Å². The van der Waals surface area contributed by atoms with Crippen LogP contribution in [0.5, 0.6) is 0 Å². The van der Waals surface area contributed by atoms with Gasteiger partial charge in [-0.25, -0.2) is 4.98 Å². The molecule has 1 aliphatic heterocycles. The van der Waals surface area contributed by atoms with E-state index >= 15 is 0 Å². The maximum absolute atomic E-state index is 12.8. The van der Waals surface area contributed by atoms with Crippen LogP contribution < -0.4 is 4.90 Å². The lowest BCUT2D eigenvalue weighted by atomic mass is 10.2. The van der Waals surface area contributed by atoms with Crippen LogP contribution in [0.3, 0.4) is 0 Å². The number of hydrogen-bond acceptors (Lipinski definition) is 7. The highest BCUT2D eigenvalue weighted by Gasteiger charge is 2.27. The van der Waals surface area contributed by atoms with Crippen molar-refractivity contribution in [3.05, 3.63) is 62.3 Å². The monoisotopic (exact) mass is 446 g/mol. The Hall–Kier alpha value is -2.91. The lowest BCUT2D eigenvalue weighted by molar-refractivity contribution is -0.384. The van der Waals surface area contributed by atoms with Gasteiger partial charge in [0, 0.05) is 37.3 Å². The Morgan fingerprint density at radius 1 is 1.30 bits per heavy atom. The van der Waals surface area contributed by atoms with Crippen molar-refractivity contribution in [1.29, 1.82) is 0 Å². The second kappa shape index (κ2) is 8.45. The first-order valence-corrected chi connectivity index (χ1v) is 10.6. The number of halogens is 1. The number of nitrogens with zero attached hydrogens (tertiary/aromatic N) is 4. The standard InChI is InChI=1S/C20H19ClN4O4S/c1-13-15(22-20(29-13)18-3-2-10-30-18)12-19(26)24-8-6-23(7-9-24)16-5-4-14(21)11-17(16)25(27)28/h2-5,10-11H,6-9,12H2,1H3. The topological polar surface area (TPSA) is 92.7 Å². The quantitative estimate of drug-likeness (QED) is 0.431. The molecule has 1 aliphatic rings. The van der Waals surface area contributed by atoms with E-state index in [4.69, 9.17) is 16.0 Å². The molecule has 1 fully saturated rings. The minimum atomic E-state index is -0.433. The molecule has 3 heterocycles. The van der Waals surface area contributed by atoms with Crippen LogP contribution in [-0.2, 0) is 11.2 Å². The number of carbonyl (C=O) groups is 1. The smallest absolute Gasteiger partial charge is 0.294 e. The zero-order valence-corrected chi connectivity index (χ0v) is 17.8. The minimum Gasteiger partial charge on any atom is -0.440 e. The number of aryl methyl sites for hydroxylation is 1. The third-order valence-electron chi connectivity index (χ3n) is 5.05. The number of rotatable bonds is 5. The van der Waals surface area contributed by atoms with Gasteiger partial charge in [0.2, 0.25) is 11.8 Å². The van der Waals surface area contributed by atoms with Crippen LogP contribution in [0.25, 0.3) is 10.8 Å². The van der Waals surface area contributed by atoms with Crippen molar-refractivity contribution in [2.24, 2.45) is 0 Å². The third-order valence-corrected chi connectivity index (χ3v) is 6.14. The molecular formula is C20H19ClN4O4S. The van der Waals surface area contributed by atoms with Crippen molar-refractivity contribution < 1.29 is 14.1 Å². The molecule has 0 N–H and O–H groups in total. The molecule has 156 valence electrons. The van der Waals surface area contributed by atoms with Crippen molar-refractivity contribution in [2.75, 3.05) is 31.1 Å². The number of benzene rings is 1. The van der Waals surface area contributed by atoms with Crippen LogP contribution in [-0.4, -0.2) is 46.9 Å². The summed E-state index contributed by atoms with van der Waals surface area (Å²) in [6.07, 6.45) is 0.168. The van der Waals surface area contributed by atoms with Crippen molar-refractivity contribution in [3.63, 3.8) is 0 Å². The van der Waals surface area contributed by atoms with E-state index in [2.05, 4.69) is 4.98 Å². The number of anilines is 1. The summed E-state index contributed by atoms with van der Waals surface area (Å²) in [4.78, 5) is 32.8. The molecule has 8 nitrogen and oxygen atoms in total. The Morgan fingerprint density at radius 2 is 2.07 bits per heavy atom. The van der Waals surface area contributed by atoms with Crippen molar-refractivity contribution in [1.82, 2.24) is 9.88 Å². The first kappa shape index (κ1) is 20.4. The molecule has 0 atom stereocenters. The molecule has 1 saturated heterocycles. The summed E-state index contributed by atoms with van der Waals surface area (Å²) in [5.41, 5.74) is 1.13. The number of oxazole rings is 1. The fourth-order valence-corrected chi connectivity index (χ4v) is 4.28. The van der Waals surface area contributed by atoms with Crippen molar-refractivity contribution >= 4 is 40.2 Å². The average Bonchev–Trinajstić information content (AvgIpc) is 3.38. The highest BCUT2D eigenvalue weighted by Crippen LogP contribution is 2.32. The molecule has 0 saturated carbocycles. The van der Waals surface area contributed by atoms with E-state index in [1.165, 1.54) is 17.4 Å². The summed E-state index contributed by atoms with van der Waals surface area (Å²) < 4.78 is 5.71. The van der Waals surface area contributed by atoms with E-state index in [9.17, 15) is 14.9 Å². The molecule has 0 radical (unpaired) electrons. The molecule has 1 aromatic carbocycles. The van der Waals surface area contributed by atoms with Gasteiger partial charge in [-0.1, -0.05) is 17.7 Å². The number of amides is 1. The SMILES string of the molecule is Cc1oc(-c2cccs2)nc1CC(=O)N1CCN(c2ccc(Cl)cc2[N+](=O)[O-])CC1. The Bertz CT molecular complexity index is 1070. The number of nitro groups is 1. The van der Waals surface area contributed by atoms with Gasteiger partial charge in [-0.15, -0.1) is 11.3 Å². The van der Waals surface area contributed by atoms with Gasteiger partial charge in [-0.2, -0.15) is 0 Å². The average molecular weight is 447 g/mol. The summed E-state index contributed by atoms with van der Waals surface area (Å²) in [5.74, 6) is 1.14. The van der Waals surface area contributed by atoms with E-state index in [0.29, 0.717) is 54.2 Å². The summed E-state index contributed by atoms with van der Waals surface area (Å²) in [5, 5.41) is 13.6. The van der Waals surface area contributed by atoms with E-state index < -0.39 is 4.92 Å². The maximum Gasteiger partial charge on any atom is 0.294 e. The molecule has 0 aliphatic carbocycles. The highest BCUT2D eigenvalue weighted by atomic mass is 35.5. The lowest BCUT2D eigenvalue weighted by Crippen LogP contribution is -2.49. The first-order chi connectivity index (χ1) is 14.4. The van der Waals surface area contributed by atoms with Gasteiger partial charge >= 0.3 is 0 Å². The van der Waals surface area contributed by atoms with Crippen LogP contribution in [0.1, 0.15) is 11.5 Å². The highest BCUT2D eigenvalue weighted by molar-refractivity contribution is 7.13. The van der Waals surface area contributed by atoms with Crippen molar-refractivity contribution in [2.45, 2.75) is 13.3 Å². The summed E-state index contributed by atoms with van der Waals surface area (Å²) >= 11 is 7.43. The van der Waals surface area contributed by atoms with Crippen LogP contribution in [0.2, 0.25) is 5.02 Å². The number of hydrogen-bond donors (Lipinski definition) is 0. The Labute approximate surface area is 181 Å². The predicted octanol–water partition coefficient (Wildman–Crippen LogP) is 4.16. The number of piperazine rings is 1. The van der Waals surface area contributed by atoms with Crippen LogP contribution in [0.4, 0.5) is 11.4 Å². The molecular weight excluding hydrogens is 428 g/mol. The fraction of sp³-hybridized carbons (Fsp3) is 0.300. The largest absolute Gasteiger partial charge is 0.440 e. The van der Waals surface area contributed by atoms with E-state index in [1.807, 2.05) is 29.3 Å². The Kier molecular flexibility index (Phi) is 5.74. The molecule has 4 rings (SSSR count). The predicted molar refractivity (Wildman–Crippen MR) is 115 cm³/mol. The Balaban J connectivity index is 1.40. The molecule has 0 bridgehead atoms. The summed E-state index contributed by atoms with van der Waals surface area (Å²) in [6.45, 7) is 3.78. The van der Waals surface area contributed by atoms with Gasteiger partial charge in [-0.3, -0.25) is 14.9 Å². The normalized spacial score (nSPS) is 14.2. The van der Waals surface area contributed by atoms with Crippen LogP contribution in [0, 0.1) is 17.0 Å². The van der Waals surface area contributed by atoms with Gasteiger partial charge in [0.25, 0.3) is 5.69 Å². The molecule has 10 heteroatoms. The number of nitro benzene ring substituents is 1. The maximum atomic E-state index is 12.8. The van der Waals surface area contributed by atoms with Crippen molar-refractivity contribution in [3.8, 4) is 10.8 Å². The summed E-state index contributed by atoms with van der Waals surface area (Å²) in [7, 11) is 0. The van der Waals surface area contributed by atoms with Gasteiger partial charge < -0.3 is 14.2 Å². The number of carbonyl (C=O) groups excluding carboxylic acids is 1. The number of thiophene rings is 1. The minimum absolute atomic E-state index is 0.0263. The van der Waals surface area contributed by atoms with E-state index in [1.54, 1.807) is 17.0 Å². The third kappa shape index (κ3) is 4.17. The zero-order valence-electron chi connectivity index (χ0n) is 16.2. The summed E-state index contributed by atoms with van der Waals surface area (Å²) in [6, 6.07) is 8.50. The first-order valence-electron chi connectivity index (χ1n) is 9.39. The van der Waals surface area contributed by atoms with Gasteiger partial charge in [0.05, 0.1) is 21.9 Å².